The lowest BCUT2D eigenvalue weighted by Gasteiger charge is -2.04. The Kier molecular flexibility index (Phi) is 4.20. The number of aryl methyl sites for hydroxylation is 1. The van der Waals surface area contributed by atoms with E-state index < -0.39 is 11.6 Å². The van der Waals surface area contributed by atoms with Crippen molar-refractivity contribution >= 4 is 0 Å². The molecule has 8 nitrogen and oxygen atoms in total. The number of hydrogen-bond donors (Lipinski definition) is 0. The third-order valence-corrected chi connectivity index (χ3v) is 3.47. The van der Waals surface area contributed by atoms with E-state index in [9.17, 15) is 9.18 Å². The molecule has 122 valence electrons. The van der Waals surface area contributed by atoms with Crippen LogP contribution in [0, 0.1) is 17.1 Å². The van der Waals surface area contributed by atoms with Crippen LogP contribution in [0.4, 0.5) is 4.39 Å². The van der Waals surface area contributed by atoms with Gasteiger partial charge in [-0.25, -0.2) is 18.4 Å². The maximum atomic E-state index is 13.5. The van der Waals surface area contributed by atoms with Gasteiger partial charge in [0.25, 0.3) is 0 Å². The van der Waals surface area contributed by atoms with Gasteiger partial charge in [0.05, 0.1) is 11.3 Å². The Labute approximate surface area is 135 Å². The van der Waals surface area contributed by atoms with E-state index in [0.717, 1.165) is 23.5 Å². The zero-order valence-corrected chi connectivity index (χ0v) is 12.7. The molecule has 0 unspecified atom stereocenters. The average molecular weight is 329 g/mol. The molecule has 24 heavy (non-hydrogen) atoms. The largest absolute Gasteiger partial charge is 0.446 e. The zero-order chi connectivity index (χ0) is 17.1. The average Bonchev–Trinajstić information content (AvgIpc) is 3.19. The summed E-state index contributed by atoms with van der Waals surface area (Å²) in [5.41, 5.74) is 0.855. The fourth-order valence-electron chi connectivity index (χ4n) is 2.25. The van der Waals surface area contributed by atoms with Crippen molar-refractivity contribution in [3.63, 3.8) is 0 Å². The number of nitrogens with zero attached hydrogens (tertiary/aromatic N) is 5. The number of halogens is 1. The number of unbranched alkanes of at least 4 members (excludes halogenated alkanes) is 1. The normalized spacial score (nSPS) is 10.7. The second-order valence-electron chi connectivity index (χ2n) is 5.05. The highest BCUT2D eigenvalue weighted by molar-refractivity contribution is 5.56. The Morgan fingerprint density at radius 1 is 1.33 bits per heavy atom. The third kappa shape index (κ3) is 2.69. The number of aromatic nitrogens is 4. The van der Waals surface area contributed by atoms with Crippen LogP contribution in [0.15, 0.2) is 32.1 Å². The molecule has 0 radical (unpaired) electrons. The first-order valence-corrected chi connectivity index (χ1v) is 7.26. The molecule has 0 bridgehead atoms. The summed E-state index contributed by atoms with van der Waals surface area (Å²) in [5, 5.41) is 20.3. The number of hydrogen-bond acceptors (Lipinski definition) is 7. The molecule has 3 aromatic rings. The summed E-state index contributed by atoms with van der Waals surface area (Å²) in [6, 6.07) is 5.39. The van der Waals surface area contributed by atoms with Gasteiger partial charge in [-0.05, 0) is 36.2 Å². The molecule has 0 fully saturated rings. The van der Waals surface area contributed by atoms with Gasteiger partial charge in [0.2, 0.25) is 5.82 Å². The molecule has 0 amide bonds. The van der Waals surface area contributed by atoms with Crippen LogP contribution in [0.2, 0.25) is 0 Å². The van der Waals surface area contributed by atoms with Gasteiger partial charge >= 0.3 is 5.76 Å². The monoisotopic (exact) mass is 329 g/mol. The molecule has 1 aromatic carbocycles. The zero-order valence-electron chi connectivity index (χ0n) is 12.7. The van der Waals surface area contributed by atoms with E-state index in [1.165, 1.54) is 12.1 Å². The minimum absolute atomic E-state index is 0.0860. The van der Waals surface area contributed by atoms with E-state index in [4.69, 9.17) is 14.4 Å². The summed E-state index contributed by atoms with van der Waals surface area (Å²) in [6.07, 6.45) is 2.41. The number of benzene rings is 1. The van der Waals surface area contributed by atoms with Crippen LogP contribution in [0.5, 0.6) is 0 Å². The van der Waals surface area contributed by atoms with Crippen molar-refractivity contribution in [3.05, 3.63) is 45.8 Å². The molecule has 3 rings (SSSR count). The Balaban J connectivity index is 2.13. The fourth-order valence-corrected chi connectivity index (χ4v) is 2.25. The van der Waals surface area contributed by atoms with E-state index in [1.54, 1.807) is 6.07 Å². The highest BCUT2D eigenvalue weighted by Gasteiger charge is 2.22. The smallest absolute Gasteiger partial charge is 0.295 e. The Hall–Kier alpha value is -3.28. The standard InChI is InChI=1S/C15H12FN5O3/c1-2-3-4-12-13(19-24-18-12)14-20-23-15(22)21(14)10-5-6-11(16)9(7-10)8-17/h5-7H,2-4H2,1H3. The van der Waals surface area contributed by atoms with Gasteiger partial charge in [-0.15, -0.1) is 0 Å². The van der Waals surface area contributed by atoms with Crippen LogP contribution in [0.25, 0.3) is 17.2 Å². The third-order valence-electron chi connectivity index (χ3n) is 3.47. The predicted octanol–water partition coefficient (Wildman–Crippen LogP) is 2.23. The Bertz CT molecular complexity index is 966. The molecule has 9 heteroatoms. The minimum atomic E-state index is -0.787. The van der Waals surface area contributed by atoms with Crippen molar-refractivity contribution in [1.82, 2.24) is 20.0 Å². The quantitative estimate of drug-likeness (QED) is 0.705. The summed E-state index contributed by atoms with van der Waals surface area (Å²) < 4.78 is 24.1. The predicted molar refractivity (Wildman–Crippen MR) is 78.7 cm³/mol. The van der Waals surface area contributed by atoms with Crippen LogP contribution >= 0.6 is 0 Å². The van der Waals surface area contributed by atoms with Crippen molar-refractivity contribution in [2.75, 3.05) is 0 Å². The van der Waals surface area contributed by atoms with Gasteiger partial charge in [-0.1, -0.05) is 23.7 Å². The van der Waals surface area contributed by atoms with E-state index in [1.807, 2.05) is 6.92 Å². The number of nitriles is 1. The second kappa shape index (κ2) is 6.45. The summed E-state index contributed by atoms with van der Waals surface area (Å²) in [6.45, 7) is 2.03. The number of rotatable bonds is 5. The molecule has 0 aliphatic carbocycles. The first-order valence-electron chi connectivity index (χ1n) is 7.26. The Morgan fingerprint density at radius 2 is 2.17 bits per heavy atom. The second-order valence-corrected chi connectivity index (χ2v) is 5.05. The first-order chi connectivity index (χ1) is 11.7. The molecular formula is C15H12FN5O3. The van der Waals surface area contributed by atoms with E-state index in [-0.39, 0.29) is 22.8 Å². The van der Waals surface area contributed by atoms with Crippen LogP contribution in [-0.4, -0.2) is 20.0 Å². The molecule has 0 spiro atoms. The summed E-state index contributed by atoms with van der Waals surface area (Å²) in [4.78, 5) is 12.0. The van der Waals surface area contributed by atoms with Crippen molar-refractivity contribution in [2.24, 2.45) is 0 Å². The van der Waals surface area contributed by atoms with E-state index in [0.29, 0.717) is 12.1 Å². The van der Waals surface area contributed by atoms with E-state index in [2.05, 4.69) is 15.5 Å². The van der Waals surface area contributed by atoms with Gasteiger partial charge in [-0.3, -0.25) is 4.52 Å². The summed E-state index contributed by atoms with van der Waals surface area (Å²) >= 11 is 0. The molecule has 2 aromatic heterocycles. The molecule has 0 aliphatic rings. The van der Waals surface area contributed by atoms with Gasteiger partial charge in [-0.2, -0.15) is 5.26 Å². The first kappa shape index (κ1) is 15.6. The van der Waals surface area contributed by atoms with Crippen LogP contribution in [0.3, 0.4) is 0 Å². The highest BCUT2D eigenvalue weighted by atomic mass is 19.1. The molecule has 0 saturated heterocycles. The minimum Gasteiger partial charge on any atom is -0.295 e. The van der Waals surface area contributed by atoms with Gasteiger partial charge < -0.3 is 0 Å². The van der Waals surface area contributed by atoms with Crippen molar-refractivity contribution in [1.29, 1.82) is 5.26 Å². The lowest BCUT2D eigenvalue weighted by molar-refractivity contribution is 0.303. The maximum Gasteiger partial charge on any atom is 0.446 e. The van der Waals surface area contributed by atoms with Gasteiger partial charge in [0.15, 0.2) is 5.69 Å². The van der Waals surface area contributed by atoms with Crippen LogP contribution in [0.1, 0.15) is 31.0 Å². The molecule has 0 atom stereocenters. The van der Waals surface area contributed by atoms with Crippen LogP contribution in [-0.2, 0) is 6.42 Å². The molecule has 0 N–H and O–H groups in total. The van der Waals surface area contributed by atoms with Crippen molar-refractivity contribution in [3.8, 4) is 23.3 Å². The maximum absolute atomic E-state index is 13.5. The summed E-state index contributed by atoms with van der Waals surface area (Å²) in [7, 11) is 0. The van der Waals surface area contributed by atoms with Gasteiger partial charge in [0, 0.05) is 0 Å². The lowest BCUT2D eigenvalue weighted by Crippen LogP contribution is -2.14. The van der Waals surface area contributed by atoms with E-state index >= 15 is 0 Å². The SMILES string of the molecule is CCCCc1nonc1-c1noc(=O)n1-c1ccc(F)c(C#N)c1. The fraction of sp³-hybridized carbons (Fsp3) is 0.267. The topological polar surface area (TPSA) is 111 Å². The van der Waals surface area contributed by atoms with Crippen molar-refractivity contribution < 1.29 is 13.5 Å². The van der Waals surface area contributed by atoms with Crippen LogP contribution < -0.4 is 5.76 Å². The molecule has 0 aliphatic heterocycles. The highest BCUT2D eigenvalue weighted by Crippen LogP contribution is 2.22. The molecular weight excluding hydrogens is 317 g/mol. The molecule has 2 heterocycles. The lowest BCUT2D eigenvalue weighted by atomic mass is 10.1. The summed E-state index contributed by atoms with van der Waals surface area (Å²) in [5.74, 6) is -1.38. The molecule has 0 saturated carbocycles. The Morgan fingerprint density at radius 3 is 2.92 bits per heavy atom. The van der Waals surface area contributed by atoms with Gasteiger partial charge in [0.1, 0.15) is 17.6 Å². The van der Waals surface area contributed by atoms with Crippen molar-refractivity contribution in [2.45, 2.75) is 26.2 Å².